The van der Waals surface area contributed by atoms with Crippen molar-refractivity contribution in [3.05, 3.63) is 39.9 Å². The minimum Gasteiger partial charge on any atom is -0.258 e. The van der Waals surface area contributed by atoms with Crippen molar-refractivity contribution in [2.75, 3.05) is 12.3 Å². The van der Waals surface area contributed by atoms with E-state index in [1.54, 1.807) is 6.07 Å². The summed E-state index contributed by atoms with van der Waals surface area (Å²) in [5.74, 6) is 0. The lowest BCUT2D eigenvalue weighted by Gasteiger charge is -2.15. The summed E-state index contributed by atoms with van der Waals surface area (Å²) < 4.78 is 23.8. The van der Waals surface area contributed by atoms with Crippen LogP contribution in [0, 0.1) is 10.1 Å². The normalized spacial score (nSPS) is 11.7. The molecule has 0 spiro atoms. The molecule has 0 saturated carbocycles. The average molecular weight is 279 g/mol. The third-order valence-electron chi connectivity index (χ3n) is 2.19. The monoisotopic (exact) mass is 278 g/mol. The van der Waals surface area contributed by atoms with E-state index in [0.717, 1.165) is 4.31 Å². The number of benzene rings is 1. The Morgan fingerprint density at radius 3 is 2.53 bits per heavy atom. The zero-order valence-corrected chi connectivity index (χ0v) is 10.6. The minimum atomic E-state index is -3.56. The van der Waals surface area contributed by atoms with Crippen LogP contribution in [0.25, 0.3) is 0 Å². The smallest absolute Gasteiger partial charge is 0.258 e. The molecule has 8 heteroatoms. The van der Waals surface area contributed by atoms with Crippen LogP contribution in [-0.2, 0) is 16.6 Å². The van der Waals surface area contributed by atoms with Gasteiger partial charge in [-0.05, 0) is 0 Å². The van der Waals surface area contributed by atoms with E-state index in [2.05, 4.69) is 0 Å². The summed E-state index contributed by atoms with van der Waals surface area (Å²) in [6, 6.07) is 5.98. The maximum absolute atomic E-state index is 11.4. The molecule has 1 aromatic rings. The number of para-hydroxylation sites is 1. The molecule has 1 rings (SSSR count). The van der Waals surface area contributed by atoms with Gasteiger partial charge >= 0.3 is 0 Å². The SMILES string of the molecule is CN(Cc1ccccc1[N+](=O)[O-])S(=O)(=O)CCl. The number of halogens is 1. The average Bonchev–Trinajstić information content (AvgIpc) is 2.29. The van der Waals surface area contributed by atoms with Gasteiger partial charge in [0, 0.05) is 25.2 Å². The number of nitro groups is 1. The Hall–Kier alpha value is -1.18. The van der Waals surface area contributed by atoms with E-state index in [-0.39, 0.29) is 12.2 Å². The van der Waals surface area contributed by atoms with Gasteiger partial charge in [0.1, 0.15) is 5.21 Å². The molecule has 0 saturated heterocycles. The fourth-order valence-corrected chi connectivity index (χ4v) is 2.25. The van der Waals surface area contributed by atoms with Crippen molar-refractivity contribution in [3.63, 3.8) is 0 Å². The van der Waals surface area contributed by atoms with Crippen molar-refractivity contribution < 1.29 is 13.3 Å². The van der Waals surface area contributed by atoms with Gasteiger partial charge in [-0.25, -0.2) is 8.42 Å². The van der Waals surface area contributed by atoms with Gasteiger partial charge in [0.25, 0.3) is 5.69 Å². The van der Waals surface area contributed by atoms with Gasteiger partial charge in [-0.2, -0.15) is 4.31 Å². The molecule has 0 atom stereocenters. The lowest BCUT2D eigenvalue weighted by molar-refractivity contribution is -0.385. The Bertz CT molecular complexity index is 517. The molecule has 0 bridgehead atoms. The van der Waals surface area contributed by atoms with E-state index >= 15 is 0 Å². The first kappa shape index (κ1) is 13.9. The largest absolute Gasteiger partial charge is 0.273 e. The van der Waals surface area contributed by atoms with Gasteiger partial charge in [-0.1, -0.05) is 18.2 Å². The lowest BCUT2D eigenvalue weighted by atomic mass is 10.2. The minimum absolute atomic E-state index is 0.0772. The second kappa shape index (κ2) is 5.44. The standard InChI is InChI=1S/C9H11ClN2O4S/c1-11(17(15,16)7-10)6-8-4-2-3-5-9(8)12(13)14/h2-5H,6-7H2,1H3. The molecule has 0 fully saturated rings. The van der Waals surface area contributed by atoms with E-state index in [9.17, 15) is 18.5 Å². The number of sulfonamides is 1. The second-order valence-corrected chi connectivity index (χ2v) is 6.02. The topological polar surface area (TPSA) is 80.5 Å². The molecule has 0 heterocycles. The molecule has 6 nitrogen and oxygen atoms in total. The van der Waals surface area contributed by atoms with Crippen molar-refractivity contribution in [1.29, 1.82) is 0 Å². The third-order valence-corrected chi connectivity index (χ3v) is 4.38. The molecule has 0 N–H and O–H groups in total. The third kappa shape index (κ3) is 3.39. The predicted octanol–water partition coefficient (Wildman–Crippen LogP) is 1.55. The van der Waals surface area contributed by atoms with Gasteiger partial charge in [0.2, 0.25) is 10.0 Å². The second-order valence-electron chi connectivity index (χ2n) is 3.36. The summed E-state index contributed by atoms with van der Waals surface area (Å²) in [6.45, 7) is -0.0772. The summed E-state index contributed by atoms with van der Waals surface area (Å²) in [5, 5.41) is 10.2. The highest BCUT2D eigenvalue weighted by Crippen LogP contribution is 2.20. The molecule has 1 aromatic carbocycles. The van der Waals surface area contributed by atoms with Crippen molar-refractivity contribution in [3.8, 4) is 0 Å². The summed E-state index contributed by atoms with van der Waals surface area (Å²) in [6.07, 6.45) is 0. The fraction of sp³-hybridized carbons (Fsp3) is 0.333. The van der Waals surface area contributed by atoms with E-state index < -0.39 is 20.2 Å². The Kier molecular flexibility index (Phi) is 4.44. The van der Waals surface area contributed by atoms with E-state index in [1.807, 2.05) is 0 Å². The molecule has 94 valence electrons. The zero-order chi connectivity index (χ0) is 13.1. The van der Waals surface area contributed by atoms with Crippen LogP contribution in [0.1, 0.15) is 5.56 Å². The number of rotatable bonds is 5. The number of alkyl halides is 1. The van der Waals surface area contributed by atoms with E-state index in [1.165, 1.54) is 25.2 Å². The van der Waals surface area contributed by atoms with E-state index in [0.29, 0.717) is 5.56 Å². The Balaban J connectivity index is 3.00. The summed E-state index contributed by atoms with van der Waals surface area (Å²) >= 11 is 5.29. The van der Waals surface area contributed by atoms with Crippen LogP contribution in [0.2, 0.25) is 0 Å². The maximum Gasteiger partial charge on any atom is 0.273 e. The van der Waals surface area contributed by atoms with Crippen molar-refractivity contribution in [2.45, 2.75) is 6.54 Å². The molecule has 0 aromatic heterocycles. The Morgan fingerprint density at radius 1 is 1.41 bits per heavy atom. The molecule has 0 unspecified atom stereocenters. The number of nitro benzene ring substituents is 1. The van der Waals surface area contributed by atoms with Gasteiger partial charge in [-0.3, -0.25) is 10.1 Å². The van der Waals surface area contributed by atoms with Crippen LogP contribution in [0.15, 0.2) is 24.3 Å². The summed E-state index contributed by atoms with van der Waals surface area (Å²) in [4.78, 5) is 10.2. The maximum atomic E-state index is 11.4. The van der Waals surface area contributed by atoms with Gasteiger partial charge in [0.05, 0.1) is 4.92 Å². The Labute approximate surface area is 104 Å². The number of nitrogens with zero attached hydrogens (tertiary/aromatic N) is 2. The highest BCUT2D eigenvalue weighted by Gasteiger charge is 2.20. The highest BCUT2D eigenvalue weighted by molar-refractivity contribution is 7.90. The first-order chi connectivity index (χ1) is 7.88. The van der Waals surface area contributed by atoms with Crippen LogP contribution in [-0.4, -0.2) is 29.9 Å². The van der Waals surface area contributed by atoms with Crippen LogP contribution < -0.4 is 0 Å². The number of hydrogen-bond donors (Lipinski definition) is 0. The quantitative estimate of drug-likeness (QED) is 0.465. The van der Waals surface area contributed by atoms with Crippen LogP contribution in [0.3, 0.4) is 0 Å². The fourth-order valence-electron chi connectivity index (χ4n) is 1.24. The molecule has 0 aliphatic rings. The summed E-state index contributed by atoms with van der Waals surface area (Å²) in [7, 11) is -2.23. The van der Waals surface area contributed by atoms with Gasteiger partial charge in [-0.15, -0.1) is 11.6 Å². The van der Waals surface area contributed by atoms with Gasteiger partial charge in [0.15, 0.2) is 0 Å². The van der Waals surface area contributed by atoms with Crippen LogP contribution >= 0.6 is 11.6 Å². The molecule has 17 heavy (non-hydrogen) atoms. The van der Waals surface area contributed by atoms with E-state index in [4.69, 9.17) is 11.6 Å². The molecule has 0 amide bonds. The molecule has 0 aliphatic carbocycles. The molecular weight excluding hydrogens is 268 g/mol. The zero-order valence-electron chi connectivity index (χ0n) is 9.04. The van der Waals surface area contributed by atoms with Crippen molar-refractivity contribution >= 4 is 27.3 Å². The predicted molar refractivity (Wildman–Crippen MR) is 64.2 cm³/mol. The number of hydrogen-bond acceptors (Lipinski definition) is 4. The van der Waals surface area contributed by atoms with Crippen LogP contribution in [0.5, 0.6) is 0 Å². The summed E-state index contributed by atoms with van der Waals surface area (Å²) in [5.41, 5.74) is 0.220. The molecule has 0 aliphatic heterocycles. The molecule has 0 radical (unpaired) electrons. The lowest BCUT2D eigenvalue weighted by Crippen LogP contribution is -2.27. The Morgan fingerprint density at radius 2 is 2.00 bits per heavy atom. The van der Waals surface area contributed by atoms with Crippen LogP contribution in [0.4, 0.5) is 5.69 Å². The first-order valence-electron chi connectivity index (χ1n) is 4.60. The van der Waals surface area contributed by atoms with Crippen molar-refractivity contribution in [1.82, 2.24) is 4.31 Å². The van der Waals surface area contributed by atoms with Gasteiger partial charge < -0.3 is 0 Å². The first-order valence-corrected chi connectivity index (χ1v) is 6.75. The van der Waals surface area contributed by atoms with Crippen molar-refractivity contribution in [2.24, 2.45) is 0 Å². The molecular formula is C9H11ClN2O4S. The highest BCUT2D eigenvalue weighted by atomic mass is 35.5.